The van der Waals surface area contributed by atoms with Crippen molar-refractivity contribution >= 4 is 43.0 Å². The molecule has 1 aliphatic rings. The number of sulfonamides is 2. The molecule has 2 aromatic carbocycles. The molecule has 0 unspecified atom stereocenters. The summed E-state index contributed by atoms with van der Waals surface area (Å²) >= 11 is 5.92. The molecular formula is C18H21ClN2O4S2. The Morgan fingerprint density at radius 1 is 1.04 bits per heavy atom. The van der Waals surface area contributed by atoms with Gasteiger partial charge in [0.05, 0.1) is 22.0 Å². The summed E-state index contributed by atoms with van der Waals surface area (Å²) in [5.74, 6) is 0.0746. The van der Waals surface area contributed by atoms with Crippen molar-refractivity contribution in [1.29, 1.82) is 0 Å². The van der Waals surface area contributed by atoms with E-state index < -0.39 is 20.0 Å². The molecule has 0 atom stereocenters. The first-order chi connectivity index (χ1) is 12.6. The smallest absolute Gasteiger partial charge is 0.262 e. The molecule has 27 heavy (non-hydrogen) atoms. The summed E-state index contributed by atoms with van der Waals surface area (Å²) in [4.78, 5) is 0.0510. The molecule has 146 valence electrons. The minimum absolute atomic E-state index is 0.0510. The molecular weight excluding hydrogens is 408 g/mol. The van der Waals surface area contributed by atoms with E-state index >= 15 is 0 Å². The molecule has 2 aromatic rings. The van der Waals surface area contributed by atoms with Crippen molar-refractivity contribution in [2.75, 3.05) is 21.3 Å². The van der Waals surface area contributed by atoms with Crippen LogP contribution in [0.5, 0.6) is 0 Å². The highest BCUT2D eigenvalue weighted by Gasteiger charge is 2.28. The van der Waals surface area contributed by atoms with E-state index in [1.807, 2.05) is 0 Å². The lowest BCUT2D eigenvalue weighted by atomic mass is 10.2. The fourth-order valence-corrected chi connectivity index (χ4v) is 6.31. The molecule has 0 spiro atoms. The minimum atomic E-state index is -3.89. The Morgan fingerprint density at radius 3 is 2.44 bits per heavy atom. The van der Waals surface area contributed by atoms with Gasteiger partial charge in [-0.15, -0.1) is 0 Å². The third kappa shape index (κ3) is 4.23. The van der Waals surface area contributed by atoms with E-state index in [9.17, 15) is 16.8 Å². The average molecular weight is 429 g/mol. The van der Waals surface area contributed by atoms with Crippen LogP contribution in [0.2, 0.25) is 5.02 Å². The number of nitrogens with one attached hydrogen (secondary N) is 1. The van der Waals surface area contributed by atoms with Crippen molar-refractivity contribution in [1.82, 2.24) is 0 Å². The Balaban J connectivity index is 2.00. The number of hydrogen-bond donors (Lipinski definition) is 1. The third-order valence-electron chi connectivity index (χ3n) is 4.53. The number of hydrogen-bond acceptors (Lipinski definition) is 4. The van der Waals surface area contributed by atoms with Crippen molar-refractivity contribution < 1.29 is 16.8 Å². The first-order valence-corrected chi connectivity index (χ1v) is 12.0. The van der Waals surface area contributed by atoms with Crippen LogP contribution in [0.4, 0.5) is 11.4 Å². The molecule has 1 fully saturated rings. The van der Waals surface area contributed by atoms with Crippen LogP contribution in [0.1, 0.15) is 24.0 Å². The van der Waals surface area contributed by atoms with Crippen molar-refractivity contribution in [2.45, 2.75) is 31.6 Å². The predicted octanol–water partition coefficient (Wildman–Crippen LogP) is 3.69. The topological polar surface area (TPSA) is 83.6 Å². The summed E-state index contributed by atoms with van der Waals surface area (Å²) in [5, 5.41) is 0.518. The van der Waals surface area contributed by atoms with Crippen LogP contribution in [0.3, 0.4) is 0 Å². The Bertz CT molecular complexity index is 1080. The van der Waals surface area contributed by atoms with Crippen LogP contribution >= 0.6 is 11.6 Å². The summed E-state index contributed by atoms with van der Waals surface area (Å²) in [6.45, 7) is 3.79. The molecule has 0 radical (unpaired) electrons. The SMILES string of the molecule is Cc1cc(Cl)ccc1NS(=O)(=O)c1cc(N2CCCCS2(=O)=O)ccc1C. The molecule has 1 aliphatic heterocycles. The van der Waals surface area contributed by atoms with E-state index in [-0.39, 0.29) is 10.6 Å². The van der Waals surface area contributed by atoms with Gasteiger partial charge in [0.2, 0.25) is 10.0 Å². The lowest BCUT2D eigenvalue weighted by Crippen LogP contribution is -2.38. The maximum atomic E-state index is 12.9. The monoisotopic (exact) mass is 428 g/mol. The Morgan fingerprint density at radius 2 is 1.78 bits per heavy atom. The second-order valence-corrected chi connectivity index (χ2v) is 10.7. The van der Waals surface area contributed by atoms with E-state index in [1.165, 1.54) is 10.4 Å². The number of rotatable bonds is 4. The minimum Gasteiger partial charge on any atom is -0.279 e. The predicted molar refractivity (Wildman–Crippen MR) is 109 cm³/mol. The normalized spacial score (nSPS) is 16.9. The van der Waals surface area contributed by atoms with Gasteiger partial charge in [0.1, 0.15) is 0 Å². The molecule has 1 saturated heterocycles. The van der Waals surface area contributed by atoms with Crippen LogP contribution in [0.25, 0.3) is 0 Å². The van der Waals surface area contributed by atoms with Crippen LogP contribution in [0.15, 0.2) is 41.3 Å². The number of aryl methyl sites for hydroxylation is 2. The van der Waals surface area contributed by atoms with Crippen LogP contribution in [-0.2, 0) is 20.0 Å². The molecule has 0 saturated carbocycles. The largest absolute Gasteiger partial charge is 0.279 e. The van der Waals surface area contributed by atoms with Crippen molar-refractivity contribution in [3.8, 4) is 0 Å². The summed E-state index contributed by atoms with van der Waals surface area (Å²) in [6, 6.07) is 9.57. The standard InChI is InChI=1S/C18H21ClN2O4S2/c1-13-5-7-16(21-9-3-4-10-26(21,22)23)12-18(13)27(24,25)20-17-8-6-15(19)11-14(17)2/h5-8,11-12,20H,3-4,9-10H2,1-2H3. The molecule has 9 heteroatoms. The second kappa shape index (κ2) is 7.33. The Kier molecular flexibility index (Phi) is 5.42. The van der Waals surface area contributed by atoms with E-state index in [1.54, 1.807) is 44.2 Å². The molecule has 3 rings (SSSR count). The molecule has 1 heterocycles. The zero-order valence-electron chi connectivity index (χ0n) is 15.1. The van der Waals surface area contributed by atoms with Gasteiger partial charge in [-0.2, -0.15) is 0 Å². The van der Waals surface area contributed by atoms with Gasteiger partial charge in [-0.3, -0.25) is 9.03 Å². The van der Waals surface area contributed by atoms with E-state index in [4.69, 9.17) is 11.6 Å². The van der Waals surface area contributed by atoms with Gasteiger partial charge in [0.15, 0.2) is 0 Å². The summed E-state index contributed by atoms with van der Waals surface area (Å²) in [5.41, 5.74) is 2.02. The van der Waals surface area contributed by atoms with Gasteiger partial charge in [-0.25, -0.2) is 16.8 Å². The molecule has 0 amide bonds. The molecule has 1 N–H and O–H groups in total. The van der Waals surface area contributed by atoms with Crippen LogP contribution < -0.4 is 9.03 Å². The zero-order chi connectivity index (χ0) is 19.8. The molecule has 0 aromatic heterocycles. The highest BCUT2D eigenvalue weighted by Crippen LogP contribution is 2.29. The maximum Gasteiger partial charge on any atom is 0.262 e. The summed E-state index contributed by atoms with van der Waals surface area (Å²) < 4.78 is 54.4. The average Bonchev–Trinajstić information content (AvgIpc) is 2.57. The second-order valence-electron chi connectivity index (χ2n) is 6.61. The molecule has 0 bridgehead atoms. The first-order valence-electron chi connectivity index (χ1n) is 8.50. The van der Waals surface area contributed by atoms with Crippen molar-refractivity contribution in [2.24, 2.45) is 0 Å². The number of anilines is 2. The summed E-state index contributed by atoms with van der Waals surface area (Å²) in [7, 11) is -7.31. The van der Waals surface area contributed by atoms with Crippen LogP contribution in [-0.4, -0.2) is 29.1 Å². The third-order valence-corrected chi connectivity index (χ3v) is 8.14. The highest BCUT2D eigenvalue weighted by molar-refractivity contribution is 7.93. The van der Waals surface area contributed by atoms with Gasteiger partial charge in [0, 0.05) is 11.6 Å². The lowest BCUT2D eigenvalue weighted by Gasteiger charge is -2.28. The molecule has 6 nitrogen and oxygen atoms in total. The van der Waals surface area contributed by atoms with Gasteiger partial charge in [-0.1, -0.05) is 17.7 Å². The fourth-order valence-electron chi connectivity index (χ4n) is 3.05. The number of benzene rings is 2. The van der Waals surface area contributed by atoms with E-state index in [2.05, 4.69) is 4.72 Å². The lowest BCUT2D eigenvalue weighted by molar-refractivity contribution is 0.574. The Hall–Kier alpha value is -1.77. The zero-order valence-corrected chi connectivity index (χ0v) is 17.5. The summed E-state index contributed by atoms with van der Waals surface area (Å²) in [6.07, 6.45) is 1.37. The fraction of sp³-hybridized carbons (Fsp3) is 0.333. The number of halogens is 1. The highest BCUT2D eigenvalue weighted by atomic mass is 35.5. The molecule has 0 aliphatic carbocycles. The van der Waals surface area contributed by atoms with Crippen molar-refractivity contribution in [3.63, 3.8) is 0 Å². The maximum absolute atomic E-state index is 12.9. The van der Waals surface area contributed by atoms with Gasteiger partial charge in [-0.05, 0) is 68.1 Å². The van der Waals surface area contributed by atoms with Gasteiger partial charge in [0.25, 0.3) is 10.0 Å². The quantitative estimate of drug-likeness (QED) is 0.804. The van der Waals surface area contributed by atoms with E-state index in [0.29, 0.717) is 40.5 Å². The number of nitrogens with zero attached hydrogens (tertiary/aromatic N) is 1. The van der Waals surface area contributed by atoms with Crippen LogP contribution in [0, 0.1) is 13.8 Å². The Labute approximate surface area is 165 Å². The van der Waals surface area contributed by atoms with Crippen molar-refractivity contribution in [3.05, 3.63) is 52.5 Å². The first kappa shape index (κ1) is 20.0. The van der Waals surface area contributed by atoms with E-state index in [0.717, 1.165) is 6.42 Å². The van der Waals surface area contributed by atoms with Gasteiger partial charge >= 0.3 is 0 Å². The van der Waals surface area contributed by atoms with Gasteiger partial charge < -0.3 is 0 Å².